The largest absolute Gasteiger partial charge is 0.345 e. The van der Waals surface area contributed by atoms with E-state index in [1.54, 1.807) is 25.2 Å². The van der Waals surface area contributed by atoms with E-state index in [1.165, 1.54) is 21.1 Å². The number of aryl methyl sites for hydroxylation is 2. The predicted molar refractivity (Wildman–Crippen MR) is 114 cm³/mol. The molecule has 2 heterocycles. The molecule has 1 aromatic heterocycles. The maximum atomic E-state index is 13.2. The molecule has 0 fully saturated rings. The van der Waals surface area contributed by atoms with Crippen molar-refractivity contribution in [2.75, 3.05) is 16.2 Å². The van der Waals surface area contributed by atoms with Crippen LogP contribution < -0.4 is 9.62 Å². The Morgan fingerprint density at radius 2 is 1.90 bits per heavy atom. The van der Waals surface area contributed by atoms with Crippen LogP contribution in [0.1, 0.15) is 21.6 Å². The molecule has 3 aromatic rings. The van der Waals surface area contributed by atoms with Crippen LogP contribution in [0.25, 0.3) is 0 Å². The van der Waals surface area contributed by atoms with Gasteiger partial charge in [0, 0.05) is 30.5 Å². The Balaban J connectivity index is 1.64. The molecule has 4 rings (SSSR count). The van der Waals surface area contributed by atoms with Crippen LogP contribution in [0.15, 0.2) is 59.6 Å². The number of anilines is 2. The van der Waals surface area contributed by atoms with E-state index >= 15 is 0 Å². The van der Waals surface area contributed by atoms with Crippen molar-refractivity contribution >= 4 is 38.9 Å². The van der Waals surface area contributed by atoms with Gasteiger partial charge >= 0.3 is 0 Å². The molecule has 0 spiro atoms. The van der Waals surface area contributed by atoms with Gasteiger partial charge < -0.3 is 9.88 Å². The van der Waals surface area contributed by atoms with Crippen molar-refractivity contribution in [1.29, 1.82) is 0 Å². The lowest BCUT2D eigenvalue weighted by Crippen LogP contribution is -2.28. The zero-order chi connectivity index (χ0) is 20.8. The molecular formula is C21H20ClN3O3S. The second kappa shape index (κ2) is 7.24. The number of hydrogen-bond donors (Lipinski definition) is 1. The molecule has 1 N–H and O–H groups in total. The lowest BCUT2D eigenvalue weighted by atomic mass is 10.2. The van der Waals surface area contributed by atoms with Crippen LogP contribution in [0.3, 0.4) is 0 Å². The monoisotopic (exact) mass is 429 g/mol. The third kappa shape index (κ3) is 3.52. The van der Waals surface area contributed by atoms with Gasteiger partial charge in [0.1, 0.15) is 10.6 Å². The minimum Gasteiger partial charge on any atom is -0.345 e. The van der Waals surface area contributed by atoms with Gasteiger partial charge in [-0.1, -0.05) is 35.9 Å². The SMILES string of the molecule is Cc1ccc(Cl)cc1NC(=O)c1cc(S(=O)(=O)N2CCc3ccccc32)cn1C. The average molecular weight is 430 g/mol. The van der Waals surface area contributed by atoms with Crippen molar-refractivity contribution in [3.63, 3.8) is 0 Å². The smallest absolute Gasteiger partial charge is 0.272 e. The third-order valence-corrected chi connectivity index (χ3v) is 7.11. The summed E-state index contributed by atoms with van der Waals surface area (Å²) in [6, 6.07) is 14.1. The van der Waals surface area contributed by atoms with E-state index in [9.17, 15) is 13.2 Å². The Bertz CT molecular complexity index is 1220. The summed E-state index contributed by atoms with van der Waals surface area (Å²) in [6.07, 6.45) is 2.14. The maximum absolute atomic E-state index is 13.2. The van der Waals surface area contributed by atoms with E-state index in [0.29, 0.717) is 29.4 Å². The summed E-state index contributed by atoms with van der Waals surface area (Å²) in [5, 5.41) is 3.31. The number of carbonyl (C=O) groups is 1. The molecule has 0 radical (unpaired) electrons. The van der Waals surface area contributed by atoms with Crippen molar-refractivity contribution < 1.29 is 13.2 Å². The van der Waals surface area contributed by atoms with Crippen LogP contribution in [0.4, 0.5) is 11.4 Å². The summed E-state index contributed by atoms with van der Waals surface area (Å²) in [5.74, 6) is -0.402. The highest BCUT2D eigenvalue weighted by Crippen LogP contribution is 2.33. The molecule has 0 bridgehead atoms. The first-order valence-electron chi connectivity index (χ1n) is 9.12. The summed E-state index contributed by atoms with van der Waals surface area (Å²) in [7, 11) is -2.11. The number of carbonyl (C=O) groups excluding carboxylic acids is 1. The van der Waals surface area contributed by atoms with Crippen molar-refractivity contribution in [3.8, 4) is 0 Å². The van der Waals surface area contributed by atoms with Gasteiger partial charge in [-0.3, -0.25) is 9.10 Å². The fraction of sp³-hybridized carbons (Fsp3) is 0.190. The number of benzene rings is 2. The van der Waals surface area contributed by atoms with Gasteiger partial charge in [0.15, 0.2) is 0 Å². The molecule has 8 heteroatoms. The van der Waals surface area contributed by atoms with Gasteiger partial charge in [-0.15, -0.1) is 0 Å². The Kier molecular flexibility index (Phi) is 4.88. The number of nitrogens with one attached hydrogen (secondary N) is 1. The number of hydrogen-bond acceptors (Lipinski definition) is 3. The van der Waals surface area contributed by atoms with E-state index in [-0.39, 0.29) is 10.6 Å². The molecule has 150 valence electrons. The molecule has 0 saturated carbocycles. The first kappa shape index (κ1) is 19.5. The van der Waals surface area contributed by atoms with Gasteiger partial charge in [0.25, 0.3) is 15.9 Å². The second-order valence-corrected chi connectivity index (χ2v) is 9.34. The number of para-hydroxylation sites is 1. The zero-order valence-corrected chi connectivity index (χ0v) is 17.6. The first-order valence-corrected chi connectivity index (χ1v) is 10.9. The fourth-order valence-electron chi connectivity index (χ4n) is 3.50. The lowest BCUT2D eigenvalue weighted by molar-refractivity contribution is 0.101. The number of sulfonamides is 1. The standard InChI is InChI=1S/C21H20ClN3O3S/c1-14-7-8-16(22)11-18(14)23-21(26)20-12-17(13-24(20)2)29(27,28)25-10-9-15-5-3-4-6-19(15)25/h3-8,11-13H,9-10H2,1-2H3,(H,23,26). The number of halogens is 1. The van der Waals surface area contributed by atoms with Crippen LogP contribution in [0.5, 0.6) is 0 Å². The minimum atomic E-state index is -3.76. The molecule has 1 aliphatic heterocycles. The molecule has 1 aliphatic rings. The van der Waals surface area contributed by atoms with Crippen LogP contribution in [-0.4, -0.2) is 25.4 Å². The van der Waals surface area contributed by atoms with E-state index < -0.39 is 15.9 Å². The van der Waals surface area contributed by atoms with E-state index in [0.717, 1.165) is 11.1 Å². The van der Waals surface area contributed by atoms with E-state index in [2.05, 4.69) is 5.32 Å². The van der Waals surface area contributed by atoms with Crippen LogP contribution in [0, 0.1) is 6.92 Å². The molecule has 0 saturated heterocycles. The Morgan fingerprint density at radius 1 is 1.14 bits per heavy atom. The molecule has 1 amide bonds. The predicted octanol–water partition coefficient (Wildman–Crippen LogP) is 3.99. The summed E-state index contributed by atoms with van der Waals surface area (Å²) >= 11 is 6.01. The topological polar surface area (TPSA) is 71.4 Å². The maximum Gasteiger partial charge on any atom is 0.272 e. The van der Waals surface area contributed by atoms with Gasteiger partial charge in [-0.2, -0.15) is 0 Å². The molecular weight excluding hydrogens is 410 g/mol. The number of fused-ring (bicyclic) bond motifs is 1. The molecule has 0 atom stereocenters. The summed E-state index contributed by atoms with van der Waals surface area (Å²) in [4.78, 5) is 12.9. The highest BCUT2D eigenvalue weighted by Gasteiger charge is 2.32. The third-order valence-electron chi connectivity index (χ3n) is 5.09. The summed E-state index contributed by atoms with van der Waals surface area (Å²) in [6.45, 7) is 2.25. The van der Waals surface area contributed by atoms with Gasteiger partial charge in [0.05, 0.1) is 5.69 Å². The molecule has 0 aliphatic carbocycles. The van der Waals surface area contributed by atoms with Crippen LogP contribution >= 0.6 is 11.6 Å². The number of nitrogens with zero attached hydrogens (tertiary/aromatic N) is 2. The minimum absolute atomic E-state index is 0.0877. The summed E-state index contributed by atoms with van der Waals surface area (Å²) in [5.41, 5.74) is 3.38. The fourth-order valence-corrected chi connectivity index (χ4v) is 5.25. The molecule has 6 nitrogen and oxygen atoms in total. The Hall–Kier alpha value is -2.77. The number of rotatable bonds is 4. The molecule has 2 aromatic carbocycles. The van der Waals surface area contributed by atoms with Gasteiger partial charge in [0.2, 0.25) is 0 Å². The quantitative estimate of drug-likeness (QED) is 0.681. The van der Waals surface area contributed by atoms with Crippen molar-refractivity contribution in [3.05, 3.63) is 76.6 Å². The Morgan fingerprint density at radius 3 is 2.69 bits per heavy atom. The van der Waals surface area contributed by atoms with E-state index in [1.807, 2.05) is 31.2 Å². The average Bonchev–Trinajstić information content (AvgIpc) is 3.29. The van der Waals surface area contributed by atoms with Crippen LogP contribution in [-0.2, 0) is 23.5 Å². The molecule has 29 heavy (non-hydrogen) atoms. The van der Waals surface area contributed by atoms with Crippen molar-refractivity contribution in [1.82, 2.24) is 4.57 Å². The lowest BCUT2D eigenvalue weighted by Gasteiger charge is -2.18. The highest BCUT2D eigenvalue weighted by atomic mass is 35.5. The van der Waals surface area contributed by atoms with Crippen LogP contribution in [0.2, 0.25) is 5.02 Å². The highest BCUT2D eigenvalue weighted by molar-refractivity contribution is 7.92. The number of amides is 1. The second-order valence-electron chi connectivity index (χ2n) is 7.04. The first-order chi connectivity index (χ1) is 13.8. The van der Waals surface area contributed by atoms with Gasteiger partial charge in [-0.05, 0) is 48.7 Å². The van der Waals surface area contributed by atoms with Gasteiger partial charge in [-0.25, -0.2) is 8.42 Å². The number of aromatic nitrogens is 1. The summed E-state index contributed by atoms with van der Waals surface area (Å²) < 4.78 is 29.3. The normalized spacial score (nSPS) is 13.4. The molecule has 0 unspecified atom stereocenters. The van der Waals surface area contributed by atoms with E-state index in [4.69, 9.17) is 11.6 Å². The zero-order valence-electron chi connectivity index (χ0n) is 16.0. The van der Waals surface area contributed by atoms with Crippen molar-refractivity contribution in [2.24, 2.45) is 7.05 Å². The Labute approximate surface area is 174 Å². The van der Waals surface area contributed by atoms with Crippen molar-refractivity contribution in [2.45, 2.75) is 18.2 Å².